The standard InChI is InChI=1S/C57H115N2O6P/c1-6-8-10-12-14-16-18-19-20-21-22-23-24-25-26-27-28-29-30-31-32-33-34-35-36-37-38-39-40-41-43-45-47-49-51-57(61)58-55(54-65-66(62,63)64-53-52-59(3,4)5)56(60)50-48-46-44-42-17-15-13-11-9-7-2/h48,50,55-56,60H,6-47,49,51-54H2,1-5H3,(H-,58,61,62,63)/p+1/b50-48+. The van der Waals surface area contributed by atoms with Gasteiger partial charge in [0, 0.05) is 6.42 Å². The molecule has 0 heterocycles. The average molecular weight is 957 g/mol. The van der Waals surface area contributed by atoms with Crippen LogP contribution in [0.15, 0.2) is 12.2 Å². The Morgan fingerprint density at radius 2 is 0.803 bits per heavy atom. The number of nitrogens with zero attached hydrogens (tertiary/aromatic N) is 1. The van der Waals surface area contributed by atoms with Gasteiger partial charge in [-0.2, -0.15) is 0 Å². The van der Waals surface area contributed by atoms with Crippen LogP contribution in [-0.4, -0.2) is 73.4 Å². The van der Waals surface area contributed by atoms with E-state index in [9.17, 15) is 19.4 Å². The van der Waals surface area contributed by atoms with Gasteiger partial charge in [0.05, 0.1) is 39.9 Å². The first-order chi connectivity index (χ1) is 32.0. The van der Waals surface area contributed by atoms with Crippen molar-refractivity contribution >= 4 is 13.7 Å². The normalized spacial score (nSPS) is 14.0. The summed E-state index contributed by atoms with van der Waals surface area (Å²) < 4.78 is 23.6. The van der Waals surface area contributed by atoms with Crippen LogP contribution in [0, 0.1) is 0 Å². The maximum atomic E-state index is 12.9. The average Bonchev–Trinajstić information content (AvgIpc) is 3.28. The third kappa shape index (κ3) is 51.1. The molecule has 3 unspecified atom stereocenters. The second kappa shape index (κ2) is 49.2. The number of hydrogen-bond acceptors (Lipinski definition) is 5. The van der Waals surface area contributed by atoms with Crippen LogP contribution in [0.4, 0.5) is 0 Å². The van der Waals surface area contributed by atoms with E-state index in [1.807, 2.05) is 27.2 Å². The number of carbonyl (C=O) groups excluding carboxylic acids is 1. The van der Waals surface area contributed by atoms with Gasteiger partial charge in [0.1, 0.15) is 13.2 Å². The van der Waals surface area contributed by atoms with Crippen LogP contribution < -0.4 is 5.32 Å². The first-order valence-electron chi connectivity index (χ1n) is 29.1. The molecule has 0 radical (unpaired) electrons. The van der Waals surface area contributed by atoms with Crippen molar-refractivity contribution in [2.75, 3.05) is 40.9 Å². The number of nitrogens with one attached hydrogen (secondary N) is 1. The molecule has 0 aliphatic carbocycles. The molecule has 8 nitrogen and oxygen atoms in total. The molecule has 0 fully saturated rings. The van der Waals surface area contributed by atoms with E-state index >= 15 is 0 Å². The molecule has 0 bridgehead atoms. The Balaban J connectivity index is 3.86. The van der Waals surface area contributed by atoms with E-state index < -0.39 is 20.0 Å². The maximum absolute atomic E-state index is 12.9. The smallest absolute Gasteiger partial charge is 0.387 e. The molecule has 0 aromatic carbocycles. The zero-order valence-corrected chi connectivity index (χ0v) is 45.9. The Labute approximate surface area is 412 Å². The summed E-state index contributed by atoms with van der Waals surface area (Å²) in [5, 5.41) is 13.8. The molecule has 0 aromatic rings. The molecular weight excluding hydrogens is 840 g/mol. The number of carbonyl (C=O) groups is 1. The highest BCUT2D eigenvalue weighted by Gasteiger charge is 2.27. The van der Waals surface area contributed by atoms with Gasteiger partial charge in [-0.1, -0.05) is 283 Å². The van der Waals surface area contributed by atoms with Crippen LogP contribution in [0.2, 0.25) is 0 Å². The Kier molecular flexibility index (Phi) is 48.7. The predicted octanol–water partition coefficient (Wildman–Crippen LogP) is 17.4. The molecule has 3 N–H and O–H groups in total. The van der Waals surface area contributed by atoms with Crippen molar-refractivity contribution in [1.29, 1.82) is 0 Å². The first-order valence-corrected chi connectivity index (χ1v) is 30.6. The van der Waals surface area contributed by atoms with E-state index in [2.05, 4.69) is 19.2 Å². The second-order valence-electron chi connectivity index (χ2n) is 21.4. The number of phosphoric acid groups is 1. The third-order valence-electron chi connectivity index (χ3n) is 13.5. The number of hydrogen-bond donors (Lipinski definition) is 3. The predicted molar refractivity (Wildman–Crippen MR) is 286 cm³/mol. The number of phosphoric ester groups is 1. The molecule has 0 saturated heterocycles. The molecule has 1 amide bonds. The van der Waals surface area contributed by atoms with Crippen LogP contribution in [-0.2, 0) is 18.4 Å². The van der Waals surface area contributed by atoms with Crippen LogP contribution in [0.5, 0.6) is 0 Å². The van der Waals surface area contributed by atoms with Gasteiger partial charge in [-0.05, 0) is 19.3 Å². The molecule has 0 spiro atoms. The minimum atomic E-state index is -4.33. The van der Waals surface area contributed by atoms with E-state index in [-0.39, 0.29) is 19.1 Å². The lowest BCUT2D eigenvalue weighted by Crippen LogP contribution is -2.45. The number of rotatable bonds is 54. The lowest BCUT2D eigenvalue weighted by Gasteiger charge is -2.25. The van der Waals surface area contributed by atoms with Crippen molar-refractivity contribution in [3.63, 3.8) is 0 Å². The van der Waals surface area contributed by atoms with Crippen molar-refractivity contribution in [3.8, 4) is 0 Å². The number of likely N-dealkylation sites (N-methyl/N-ethyl adjacent to an activating group) is 1. The topological polar surface area (TPSA) is 105 Å². The molecule has 9 heteroatoms. The third-order valence-corrected chi connectivity index (χ3v) is 14.5. The van der Waals surface area contributed by atoms with Gasteiger partial charge in [0.25, 0.3) is 0 Å². The molecule has 0 aromatic heterocycles. The summed E-state index contributed by atoms with van der Waals surface area (Å²) in [6, 6.07) is -0.840. The van der Waals surface area contributed by atoms with Crippen LogP contribution in [0.3, 0.4) is 0 Å². The SMILES string of the molecule is CCCCCCCCCC/C=C/C(O)C(COP(=O)(O)OCC[N+](C)(C)C)NC(=O)CCCCCCCCCCCCCCCCCCCCCCCCCCCCCCCCCCCC. The van der Waals surface area contributed by atoms with Crippen molar-refractivity contribution in [3.05, 3.63) is 12.2 Å². The minimum absolute atomic E-state index is 0.0646. The largest absolute Gasteiger partial charge is 0.472 e. The first kappa shape index (κ1) is 65.2. The summed E-state index contributed by atoms with van der Waals surface area (Å²) in [5.74, 6) is -0.172. The van der Waals surface area contributed by atoms with Gasteiger partial charge in [0.2, 0.25) is 5.91 Å². The number of quaternary nitrogens is 1. The van der Waals surface area contributed by atoms with Gasteiger partial charge in [-0.3, -0.25) is 13.8 Å². The van der Waals surface area contributed by atoms with Crippen LogP contribution in [0.1, 0.15) is 296 Å². The van der Waals surface area contributed by atoms with Gasteiger partial charge in [-0.25, -0.2) is 4.57 Å². The fourth-order valence-corrected chi connectivity index (χ4v) is 9.66. The fourth-order valence-electron chi connectivity index (χ4n) is 8.93. The fraction of sp³-hybridized carbons (Fsp3) is 0.947. The lowest BCUT2D eigenvalue weighted by molar-refractivity contribution is -0.870. The number of aliphatic hydroxyl groups excluding tert-OH is 1. The second-order valence-corrected chi connectivity index (χ2v) is 22.8. The van der Waals surface area contributed by atoms with Gasteiger partial charge < -0.3 is 19.8 Å². The van der Waals surface area contributed by atoms with Gasteiger partial charge >= 0.3 is 7.82 Å². The van der Waals surface area contributed by atoms with E-state index in [1.54, 1.807) is 6.08 Å². The zero-order chi connectivity index (χ0) is 48.5. The summed E-state index contributed by atoms with van der Waals surface area (Å²) in [6.45, 7) is 4.83. The Morgan fingerprint density at radius 1 is 0.500 bits per heavy atom. The number of allylic oxidation sites excluding steroid dienone is 1. The number of amides is 1. The number of unbranched alkanes of at least 4 members (excludes halogenated alkanes) is 41. The van der Waals surface area contributed by atoms with E-state index in [0.717, 1.165) is 38.5 Å². The van der Waals surface area contributed by atoms with Crippen molar-refractivity contribution in [1.82, 2.24) is 5.32 Å². The molecule has 0 aliphatic rings. The Bertz CT molecular complexity index is 1080. The van der Waals surface area contributed by atoms with E-state index in [0.29, 0.717) is 17.4 Å². The molecule has 0 saturated carbocycles. The maximum Gasteiger partial charge on any atom is 0.472 e. The highest BCUT2D eigenvalue weighted by atomic mass is 31.2. The highest BCUT2D eigenvalue weighted by Crippen LogP contribution is 2.43. The Morgan fingerprint density at radius 3 is 1.12 bits per heavy atom. The minimum Gasteiger partial charge on any atom is -0.387 e. The van der Waals surface area contributed by atoms with Gasteiger partial charge in [-0.15, -0.1) is 0 Å². The summed E-state index contributed by atoms with van der Waals surface area (Å²) in [5.41, 5.74) is 0. The van der Waals surface area contributed by atoms with E-state index in [4.69, 9.17) is 9.05 Å². The summed E-state index contributed by atoms with van der Waals surface area (Å²) in [7, 11) is 1.59. The molecule has 66 heavy (non-hydrogen) atoms. The highest BCUT2D eigenvalue weighted by molar-refractivity contribution is 7.47. The summed E-state index contributed by atoms with van der Waals surface area (Å²) >= 11 is 0. The van der Waals surface area contributed by atoms with Gasteiger partial charge in [0.15, 0.2) is 0 Å². The molecular formula is C57H116N2O6P+. The molecule has 0 rings (SSSR count). The lowest BCUT2D eigenvalue weighted by atomic mass is 10.0. The monoisotopic (exact) mass is 956 g/mol. The van der Waals surface area contributed by atoms with Crippen molar-refractivity contribution < 1.29 is 32.9 Å². The van der Waals surface area contributed by atoms with Crippen molar-refractivity contribution in [2.45, 2.75) is 309 Å². The Hall–Kier alpha value is -0.760. The number of aliphatic hydroxyl groups is 1. The summed E-state index contributed by atoms with van der Waals surface area (Å²) in [4.78, 5) is 23.2. The van der Waals surface area contributed by atoms with Crippen LogP contribution >= 0.6 is 7.82 Å². The quantitative estimate of drug-likeness (QED) is 0.0243. The molecule has 0 aliphatic heterocycles. The zero-order valence-electron chi connectivity index (χ0n) is 45.0. The molecule has 3 atom stereocenters. The van der Waals surface area contributed by atoms with E-state index in [1.165, 1.54) is 238 Å². The summed E-state index contributed by atoms with van der Waals surface area (Å²) in [6.07, 6.45) is 60.6. The van der Waals surface area contributed by atoms with Crippen LogP contribution in [0.25, 0.3) is 0 Å². The van der Waals surface area contributed by atoms with Crippen molar-refractivity contribution in [2.24, 2.45) is 0 Å². The molecule has 394 valence electrons.